The van der Waals surface area contributed by atoms with E-state index in [0.717, 1.165) is 23.2 Å². The van der Waals surface area contributed by atoms with E-state index >= 15 is 0 Å². The summed E-state index contributed by atoms with van der Waals surface area (Å²) in [6.45, 7) is 1.78. The molecular weight excluding hydrogens is 380 g/mol. The normalized spacial score (nSPS) is 11.4. The Labute approximate surface area is 133 Å². The molecule has 1 aromatic carbocycles. The van der Waals surface area contributed by atoms with Crippen molar-refractivity contribution >= 4 is 48.1 Å². The van der Waals surface area contributed by atoms with Crippen LogP contribution in [0.2, 0.25) is 0 Å². The molecule has 0 radical (unpaired) electrons. The van der Waals surface area contributed by atoms with E-state index < -0.39 is 15.7 Å². The minimum Gasteiger partial charge on any atom is -0.506 e. The fourth-order valence-electron chi connectivity index (χ4n) is 1.56. The van der Waals surface area contributed by atoms with Gasteiger partial charge in [-0.25, -0.2) is 13.4 Å². The van der Waals surface area contributed by atoms with Gasteiger partial charge in [0.15, 0.2) is 20.0 Å². The lowest BCUT2D eigenvalue weighted by Gasteiger charge is -2.07. The topological polar surface area (TPSA) is 96.4 Å². The molecule has 6 nitrogen and oxygen atoms in total. The van der Waals surface area contributed by atoms with Crippen LogP contribution in [0.25, 0.3) is 0 Å². The van der Waals surface area contributed by atoms with Crippen LogP contribution >= 0.6 is 27.3 Å². The Bertz CT molecular complexity index is 815. The zero-order chi connectivity index (χ0) is 15.8. The van der Waals surface area contributed by atoms with E-state index in [1.807, 2.05) is 0 Å². The molecule has 112 valence electrons. The Morgan fingerprint density at radius 3 is 2.67 bits per heavy atom. The van der Waals surface area contributed by atoms with Crippen LogP contribution in [0.15, 0.2) is 27.0 Å². The number of halogens is 1. The molecule has 0 aliphatic rings. The van der Waals surface area contributed by atoms with Crippen LogP contribution in [0.5, 0.6) is 5.75 Å². The molecule has 0 saturated carbocycles. The molecule has 9 heteroatoms. The summed E-state index contributed by atoms with van der Waals surface area (Å²) in [5, 5.41) is 13.7. The number of thiazole rings is 1. The van der Waals surface area contributed by atoms with Gasteiger partial charge < -0.3 is 5.11 Å². The minimum absolute atomic E-state index is 0.0815. The number of phenols is 1. The van der Waals surface area contributed by atoms with E-state index in [0.29, 0.717) is 4.47 Å². The highest BCUT2D eigenvalue weighted by Crippen LogP contribution is 2.30. The van der Waals surface area contributed by atoms with Crippen molar-refractivity contribution in [3.63, 3.8) is 0 Å². The number of aryl methyl sites for hydroxylation is 1. The number of aromatic hydroxyl groups is 1. The molecular formula is C12H11BrN2O4S2. The van der Waals surface area contributed by atoms with E-state index in [1.54, 1.807) is 13.0 Å². The van der Waals surface area contributed by atoms with E-state index in [-0.39, 0.29) is 21.5 Å². The summed E-state index contributed by atoms with van der Waals surface area (Å²) in [5.74, 6) is -0.746. The molecule has 0 spiro atoms. The lowest BCUT2D eigenvalue weighted by molar-refractivity contribution is 0.102. The van der Waals surface area contributed by atoms with Crippen LogP contribution in [-0.4, -0.2) is 30.7 Å². The van der Waals surface area contributed by atoms with Gasteiger partial charge in [-0.1, -0.05) is 0 Å². The third kappa shape index (κ3) is 3.60. The number of aromatic nitrogens is 1. The number of carbonyl (C=O) groups excluding carboxylic acids is 1. The maximum absolute atomic E-state index is 12.1. The van der Waals surface area contributed by atoms with Crippen LogP contribution in [0.3, 0.4) is 0 Å². The number of anilines is 1. The Morgan fingerprint density at radius 1 is 1.43 bits per heavy atom. The summed E-state index contributed by atoms with van der Waals surface area (Å²) >= 11 is 4.16. The zero-order valence-electron chi connectivity index (χ0n) is 11.0. The van der Waals surface area contributed by atoms with Crippen molar-refractivity contribution in [2.45, 2.75) is 11.9 Å². The van der Waals surface area contributed by atoms with E-state index in [4.69, 9.17) is 0 Å². The number of carbonyl (C=O) groups is 1. The Kier molecular flexibility index (Phi) is 4.35. The number of sulfone groups is 1. The SMILES string of the molecule is Cc1cc(Br)c(O)c(C(=O)Nc2nc(S(C)(=O)=O)cs2)c1. The lowest BCUT2D eigenvalue weighted by Crippen LogP contribution is -2.12. The largest absolute Gasteiger partial charge is 0.506 e. The fraction of sp³-hybridized carbons (Fsp3) is 0.167. The molecule has 0 aliphatic heterocycles. The summed E-state index contributed by atoms with van der Waals surface area (Å²) in [7, 11) is -3.41. The molecule has 0 unspecified atom stereocenters. The van der Waals surface area contributed by atoms with Gasteiger partial charge in [0, 0.05) is 11.6 Å². The number of benzene rings is 1. The molecule has 1 aromatic heterocycles. The third-order valence-electron chi connectivity index (χ3n) is 2.54. The summed E-state index contributed by atoms with van der Waals surface area (Å²) in [4.78, 5) is 16.0. The van der Waals surface area contributed by atoms with Gasteiger partial charge >= 0.3 is 0 Å². The van der Waals surface area contributed by atoms with Gasteiger partial charge in [-0.15, -0.1) is 11.3 Å². The van der Waals surface area contributed by atoms with Crippen molar-refractivity contribution < 1.29 is 18.3 Å². The van der Waals surface area contributed by atoms with Crippen LogP contribution in [-0.2, 0) is 9.84 Å². The standard InChI is InChI=1S/C12H11BrN2O4S2/c1-6-3-7(10(16)8(13)4-6)11(17)15-12-14-9(5-20-12)21(2,18)19/h3-5,16H,1-2H3,(H,14,15,17). The third-order valence-corrected chi connectivity index (χ3v) is 5.02. The molecule has 0 atom stereocenters. The predicted octanol–water partition coefficient (Wildman–Crippen LogP) is 2.58. The summed E-state index contributed by atoms with van der Waals surface area (Å²) in [6, 6.07) is 3.21. The summed E-state index contributed by atoms with van der Waals surface area (Å²) < 4.78 is 23.1. The van der Waals surface area contributed by atoms with Crippen molar-refractivity contribution in [2.75, 3.05) is 11.6 Å². The van der Waals surface area contributed by atoms with Gasteiger partial charge in [0.25, 0.3) is 5.91 Å². The first-order valence-corrected chi connectivity index (χ1v) is 9.21. The quantitative estimate of drug-likeness (QED) is 0.839. The van der Waals surface area contributed by atoms with Gasteiger partial charge in [0.1, 0.15) is 5.75 Å². The molecule has 1 heterocycles. The van der Waals surface area contributed by atoms with Crippen molar-refractivity contribution in [3.05, 3.63) is 33.1 Å². The maximum Gasteiger partial charge on any atom is 0.261 e. The van der Waals surface area contributed by atoms with Crippen LogP contribution < -0.4 is 5.32 Å². The Hall–Kier alpha value is -1.45. The first-order valence-electron chi connectivity index (χ1n) is 5.64. The van der Waals surface area contributed by atoms with E-state index in [1.165, 1.54) is 11.4 Å². The number of rotatable bonds is 3. The molecule has 21 heavy (non-hydrogen) atoms. The van der Waals surface area contributed by atoms with Crippen LogP contribution in [0.4, 0.5) is 5.13 Å². The average molecular weight is 391 g/mol. The van der Waals surface area contributed by atoms with Gasteiger partial charge in [-0.3, -0.25) is 10.1 Å². The first kappa shape index (κ1) is 15.9. The number of hydrogen-bond acceptors (Lipinski definition) is 6. The summed E-state index contributed by atoms with van der Waals surface area (Å²) in [6.07, 6.45) is 1.04. The molecule has 2 aromatic rings. The Balaban J connectivity index is 2.29. The van der Waals surface area contributed by atoms with Gasteiger partial charge in [-0.2, -0.15) is 0 Å². The monoisotopic (exact) mass is 390 g/mol. The highest BCUT2D eigenvalue weighted by atomic mass is 79.9. The van der Waals surface area contributed by atoms with Crippen molar-refractivity contribution in [2.24, 2.45) is 0 Å². The molecule has 1 amide bonds. The van der Waals surface area contributed by atoms with E-state index in [9.17, 15) is 18.3 Å². The fourth-order valence-corrected chi connectivity index (χ4v) is 3.86. The average Bonchev–Trinajstić information content (AvgIpc) is 2.82. The zero-order valence-corrected chi connectivity index (χ0v) is 14.3. The van der Waals surface area contributed by atoms with E-state index in [2.05, 4.69) is 26.2 Å². The molecule has 0 fully saturated rings. The van der Waals surface area contributed by atoms with Crippen molar-refractivity contribution in [3.8, 4) is 5.75 Å². The second-order valence-corrected chi connectivity index (χ2v) is 8.04. The molecule has 2 rings (SSSR count). The van der Waals surface area contributed by atoms with Gasteiger partial charge in [0.05, 0.1) is 10.0 Å². The number of phenolic OH excluding ortho intramolecular Hbond substituents is 1. The molecule has 0 aliphatic carbocycles. The highest BCUT2D eigenvalue weighted by Gasteiger charge is 2.18. The van der Waals surface area contributed by atoms with Crippen molar-refractivity contribution in [1.82, 2.24) is 4.98 Å². The first-order chi connectivity index (χ1) is 9.68. The van der Waals surface area contributed by atoms with Gasteiger partial charge in [0.2, 0.25) is 0 Å². The predicted molar refractivity (Wildman–Crippen MR) is 83.7 cm³/mol. The smallest absolute Gasteiger partial charge is 0.261 e. The molecule has 2 N–H and O–H groups in total. The van der Waals surface area contributed by atoms with Crippen LogP contribution in [0.1, 0.15) is 15.9 Å². The number of nitrogens with zero attached hydrogens (tertiary/aromatic N) is 1. The second kappa shape index (κ2) is 5.74. The minimum atomic E-state index is -3.41. The number of nitrogens with one attached hydrogen (secondary N) is 1. The maximum atomic E-state index is 12.1. The van der Waals surface area contributed by atoms with Gasteiger partial charge in [-0.05, 0) is 40.5 Å². The van der Waals surface area contributed by atoms with Crippen molar-refractivity contribution in [1.29, 1.82) is 0 Å². The molecule has 0 bridgehead atoms. The second-order valence-electron chi connectivity index (χ2n) is 4.36. The Morgan fingerprint density at radius 2 is 2.10 bits per heavy atom. The van der Waals surface area contributed by atoms with Crippen LogP contribution in [0, 0.1) is 6.92 Å². The number of hydrogen-bond donors (Lipinski definition) is 2. The highest BCUT2D eigenvalue weighted by molar-refractivity contribution is 9.10. The summed E-state index contributed by atoms with van der Waals surface area (Å²) in [5.41, 5.74) is 0.874. The molecule has 0 saturated heterocycles. The lowest BCUT2D eigenvalue weighted by atomic mass is 10.1. The number of amides is 1.